The molecule has 0 saturated carbocycles. The molecule has 0 radical (unpaired) electrons. The van der Waals surface area contributed by atoms with Crippen molar-refractivity contribution < 1.29 is 0 Å². The number of hydrogen-bond donors (Lipinski definition) is 1. The Morgan fingerprint density at radius 1 is 1.29 bits per heavy atom. The summed E-state index contributed by atoms with van der Waals surface area (Å²) in [6.07, 6.45) is 0.746. The minimum absolute atomic E-state index is 0.0642. The van der Waals surface area contributed by atoms with Crippen LogP contribution in [0.3, 0.4) is 0 Å². The lowest BCUT2D eigenvalue weighted by molar-refractivity contribution is 0.689. The fourth-order valence-corrected chi connectivity index (χ4v) is 2.41. The third-order valence-electron chi connectivity index (χ3n) is 2.63. The van der Waals surface area contributed by atoms with Crippen LogP contribution in [0.15, 0.2) is 11.4 Å². The van der Waals surface area contributed by atoms with Gasteiger partial charge in [-0.05, 0) is 32.4 Å². The normalized spacial score (nSPS) is 12.7. The molecular formula is C12H16N4S. The second-order valence-electron chi connectivity index (χ2n) is 4.19. The second kappa shape index (κ2) is 4.89. The molecular weight excluding hydrogens is 232 g/mol. The molecule has 4 nitrogen and oxygen atoms in total. The van der Waals surface area contributed by atoms with Crippen LogP contribution >= 0.6 is 11.3 Å². The second-order valence-corrected chi connectivity index (χ2v) is 5.26. The first-order valence-electron chi connectivity index (χ1n) is 5.53. The average molecular weight is 248 g/mol. The van der Waals surface area contributed by atoms with Gasteiger partial charge in [0.1, 0.15) is 0 Å². The third kappa shape index (κ3) is 2.87. The highest BCUT2D eigenvalue weighted by Gasteiger charge is 2.13. The number of aromatic nitrogens is 3. The monoisotopic (exact) mass is 248 g/mol. The van der Waals surface area contributed by atoms with Crippen molar-refractivity contribution in [2.75, 3.05) is 0 Å². The van der Waals surface area contributed by atoms with Crippen LogP contribution in [0.1, 0.15) is 33.7 Å². The highest BCUT2D eigenvalue weighted by Crippen LogP contribution is 2.19. The summed E-state index contributed by atoms with van der Waals surface area (Å²) in [4.78, 5) is 4.43. The maximum Gasteiger partial charge on any atom is 0.0897 e. The summed E-state index contributed by atoms with van der Waals surface area (Å²) in [5.41, 5.74) is 10.1. The van der Waals surface area contributed by atoms with Gasteiger partial charge in [-0.1, -0.05) is 0 Å². The van der Waals surface area contributed by atoms with Gasteiger partial charge >= 0.3 is 0 Å². The smallest absolute Gasteiger partial charge is 0.0897 e. The molecule has 2 aromatic rings. The van der Waals surface area contributed by atoms with Crippen molar-refractivity contribution in [2.45, 2.75) is 33.2 Å². The molecule has 0 aliphatic heterocycles. The van der Waals surface area contributed by atoms with Gasteiger partial charge in [-0.2, -0.15) is 10.2 Å². The van der Waals surface area contributed by atoms with E-state index in [0.29, 0.717) is 0 Å². The number of nitrogens with zero attached hydrogens (tertiary/aromatic N) is 3. The maximum absolute atomic E-state index is 6.20. The number of rotatable bonds is 3. The first-order valence-corrected chi connectivity index (χ1v) is 6.41. The average Bonchev–Trinajstić information content (AvgIpc) is 2.67. The van der Waals surface area contributed by atoms with Gasteiger partial charge in [0.25, 0.3) is 0 Å². The standard InChI is InChI=1S/C12H16N4S/c1-7-4-11(8(2)16-15-7)12(13)5-10-6-17-9(3)14-10/h4,6,12H,5,13H2,1-3H3. The molecule has 17 heavy (non-hydrogen) atoms. The minimum atomic E-state index is -0.0642. The van der Waals surface area contributed by atoms with Gasteiger partial charge in [-0.25, -0.2) is 4.98 Å². The van der Waals surface area contributed by atoms with E-state index in [2.05, 4.69) is 20.6 Å². The van der Waals surface area contributed by atoms with Gasteiger partial charge in [0.05, 0.1) is 22.1 Å². The minimum Gasteiger partial charge on any atom is -0.324 e. The van der Waals surface area contributed by atoms with Gasteiger partial charge in [0.2, 0.25) is 0 Å². The Balaban J connectivity index is 2.19. The van der Waals surface area contributed by atoms with E-state index in [9.17, 15) is 0 Å². The Bertz CT molecular complexity index is 521. The number of hydrogen-bond acceptors (Lipinski definition) is 5. The molecule has 2 aromatic heterocycles. The summed E-state index contributed by atoms with van der Waals surface area (Å²) in [7, 11) is 0. The Kier molecular flexibility index (Phi) is 3.49. The van der Waals surface area contributed by atoms with Gasteiger partial charge in [0.15, 0.2) is 0 Å². The van der Waals surface area contributed by atoms with E-state index in [4.69, 9.17) is 5.73 Å². The van der Waals surface area contributed by atoms with Crippen molar-refractivity contribution in [3.05, 3.63) is 39.1 Å². The Morgan fingerprint density at radius 2 is 2.06 bits per heavy atom. The molecule has 0 bridgehead atoms. The van der Waals surface area contributed by atoms with E-state index in [1.54, 1.807) is 11.3 Å². The van der Waals surface area contributed by atoms with Crippen LogP contribution in [-0.2, 0) is 6.42 Å². The maximum atomic E-state index is 6.20. The highest BCUT2D eigenvalue weighted by molar-refractivity contribution is 7.09. The fraction of sp³-hybridized carbons (Fsp3) is 0.417. The van der Waals surface area contributed by atoms with Crippen LogP contribution in [0, 0.1) is 20.8 Å². The predicted molar refractivity (Wildman–Crippen MR) is 69.0 cm³/mol. The molecule has 0 saturated heterocycles. The van der Waals surface area contributed by atoms with Gasteiger partial charge in [-0.15, -0.1) is 11.3 Å². The van der Waals surface area contributed by atoms with Gasteiger partial charge in [-0.3, -0.25) is 0 Å². The van der Waals surface area contributed by atoms with Crippen molar-refractivity contribution in [3.8, 4) is 0 Å². The van der Waals surface area contributed by atoms with E-state index >= 15 is 0 Å². The number of nitrogens with two attached hydrogens (primary N) is 1. The molecule has 0 amide bonds. The Labute approximate surface area is 105 Å². The zero-order chi connectivity index (χ0) is 12.4. The Morgan fingerprint density at radius 3 is 2.71 bits per heavy atom. The molecule has 2 N–H and O–H groups in total. The summed E-state index contributed by atoms with van der Waals surface area (Å²) < 4.78 is 0. The van der Waals surface area contributed by atoms with E-state index < -0.39 is 0 Å². The highest BCUT2D eigenvalue weighted by atomic mass is 32.1. The molecule has 90 valence electrons. The van der Waals surface area contributed by atoms with Crippen molar-refractivity contribution in [3.63, 3.8) is 0 Å². The van der Waals surface area contributed by atoms with E-state index in [-0.39, 0.29) is 6.04 Å². The van der Waals surface area contributed by atoms with E-state index in [1.165, 1.54) is 0 Å². The van der Waals surface area contributed by atoms with Crippen LogP contribution in [0.25, 0.3) is 0 Å². The van der Waals surface area contributed by atoms with Crippen molar-refractivity contribution in [1.82, 2.24) is 15.2 Å². The summed E-state index contributed by atoms with van der Waals surface area (Å²) in [6.45, 7) is 5.87. The van der Waals surface area contributed by atoms with Crippen molar-refractivity contribution in [2.24, 2.45) is 5.73 Å². The molecule has 0 fully saturated rings. The van der Waals surface area contributed by atoms with Crippen LogP contribution in [0.2, 0.25) is 0 Å². The Hall–Kier alpha value is -1.33. The lowest BCUT2D eigenvalue weighted by Gasteiger charge is -2.12. The fourth-order valence-electron chi connectivity index (χ4n) is 1.78. The van der Waals surface area contributed by atoms with Gasteiger partial charge < -0.3 is 5.73 Å². The SMILES string of the molecule is Cc1cc(C(N)Cc2csc(C)n2)c(C)nn1. The van der Waals surface area contributed by atoms with Crippen molar-refractivity contribution >= 4 is 11.3 Å². The first-order chi connectivity index (χ1) is 8.06. The number of thiazole rings is 1. The molecule has 0 aliphatic carbocycles. The zero-order valence-corrected chi connectivity index (χ0v) is 11.1. The molecule has 1 atom stereocenters. The summed E-state index contributed by atoms with van der Waals surface area (Å²) >= 11 is 1.65. The van der Waals surface area contributed by atoms with Crippen LogP contribution in [0.4, 0.5) is 0 Å². The molecule has 0 aromatic carbocycles. The quantitative estimate of drug-likeness (QED) is 0.903. The van der Waals surface area contributed by atoms with Crippen molar-refractivity contribution in [1.29, 1.82) is 0 Å². The third-order valence-corrected chi connectivity index (χ3v) is 3.46. The molecule has 0 spiro atoms. The van der Waals surface area contributed by atoms with E-state index in [0.717, 1.165) is 34.1 Å². The predicted octanol–water partition coefficient (Wildman–Crippen LogP) is 2.10. The largest absolute Gasteiger partial charge is 0.324 e. The summed E-state index contributed by atoms with van der Waals surface area (Å²) in [6, 6.07) is 1.94. The zero-order valence-electron chi connectivity index (χ0n) is 10.3. The van der Waals surface area contributed by atoms with Crippen LogP contribution in [0.5, 0.6) is 0 Å². The molecule has 2 heterocycles. The summed E-state index contributed by atoms with van der Waals surface area (Å²) in [5.74, 6) is 0. The van der Waals surface area contributed by atoms with Gasteiger partial charge in [0, 0.05) is 17.8 Å². The summed E-state index contributed by atoms with van der Waals surface area (Å²) in [5, 5.41) is 11.3. The van der Waals surface area contributed by atoms with Crippen LogP contribution in [-0.4, -0.2) is 15.2 Å². The molecule has 1 unspecified atom stereocenters. The van der Waals surface area contributed by atoms with Crippen LogP contribution < -0.4 is 5.73 Å². The molecule has 5 heteroatoms. The lowest BCUT2D eigenvalue weighted by atomic mass is 10.0. The molecule has 0 aliphatic rings. The lowest BCUT2D eigenvalue weighted by Crippen LogP contribution is -2.16. The molecule has 2 rings (SSSR count). The first kappa shape index (κ1) is 12.1. The topological polar surface area (TPSA) is 64.7 Å². The van der Waals surface area contributed by atoms with E-state index in [1.807, 2.05) is 26.8 Å². The number of aryl methyl sites for hydroxylation is 3.